The van der Waals surface area contributed by atoms with E-state index in [0.29, 0.717) is 44.7 Å². The highest BCUT2D eigenvalue weighted by molar-refractivity contribution is 7.89. The first-order valence-electron chi connectivity index (χ1n) is 10.8. The normalized spacial score (nSPS) is 11.9. The van der Waals surface area contributed by atoms with Gasteiger partial charge in [0.25, 0.3) is 5.91 Å². The second kappa shape index (κ2) is 11.4. The van der Waals surface area contributed by atoms with E-state index in [2.05, 4.69) is 11.9 Å². The summed E-state index contributed by atoms with van der Waals surface area (Å²) in [4.78, 5) is 25.9. The average molecular weight is 464 g/mol. The van der Waals surface area contributed by atoms with Gasteiger partial charge < -0.3 is 14.6 Å². The first-order chi connectivity index (χ1) is 15.2. The standard InChI is InChI=1S/C23H33N3O5S/c1-6-13-25-16-20(23(28)24-12-9-14-31-17(4)5)22(27)19-15-18(10-11-21(19)25)32(29,30)26(7-2)8-3/h6,10-11,15-17H,1,7-9,12-14H2,2-5H3,(H,24,28). The number of sulfonamides is 1. The average Bonchev–Trinajstić information content (AvgIpc) is 2.75. The molecule has 32 heavy (non-hydrogen) atoms. The first kappa shape index (κ1) is 25.8. The first-order valence-corrected chi connectivity index (χ1v) is 12.3. The minimum atomic E-state index is -3.74. The van der Waals surface area contributed by atoms with Crippen molar-refractivity contribution in [3.63, 3.8) is 0 Å². The topological polar surface area (TPSA) is 97.7 Å². The van der Waals surface area contributed by atoms with Crippen molar-refractivity contribution < 1.29 is 17.9 Å². The lowest BCUT2D eigenvalue weighted by atomic mass is 10.1. The summed E-state index contributed by atoms with van der Waals surface area (Å²) in [6.07, 6.45) is 3.87. The molecule has 0 radical (unpaired) electrons. The highest BCUT2D eigenvalue weighted by Gasteiger charge is 2.23. The molecule has 9 heteroatoms. The summed E-state index contributed by atoms with van der Waals surface area (Å²) in [6.45, 7) is 13.0. The minimum Gasteiger partial charge on any atom is -0.379 e. The number of allylic oxidation sites excluding steroid dienone is 1. The second-order valence-corrected chi connectivity index (χ2v) is 9.55. The molecule has 0 aliphatic heterocycles. The molecule has 0 aliphatic carbocycles. The Hall–Kier alpha value is -2.49. The lowest BCUT2D eigenvalue weighted by Crippen LogP contribution is -2.32. The van der Waals surface area contributed by atoms with Crippen molar-refractivity contribution in [1.82, 2.24) is 14.2 Å². The zero-order valence-corrected chi connectivity index (χ0v) is 20.1. The Morgan fingerprint density at radius 1 is 1.28 bits per heavy atom. The number of fused-ring (bicyclic) bond motifs is 1. The molecule has 2 rings (SSSR count). The summed E-state index contributed by atoms with van der Waals surface area (Å²) in [5, 5.41) is 2.92. The maximum Gasteiger partial charge on any atom is 0.256 e. The summed E-state index contributed by atoms with van der Waals surface area (Å²) in [5.41, 5.74) is -0.00960. The number of aromatic nitrogens is 1. The number of nitrogens with zero attached hydrogens (tertiary/aromatic N) is 2. The number of benzene rings is 1. The number of hydrogen-bond donors (Lipinski definition) is 1. The molecule has 0 spiro atoms. The van der Waals surface area contributed by atoms with Crippen LogP contribution in [0.15, 0.2) is 46.7 Å². The third-order valence-corrected chi connectivity index (χ3v) is 7.07. The molecule has 1 aromatic carbocycles. The number of rotatable bonds is 12. The summed E-state index contributed by atoms with van der Waals surface area (Å²) in [5.74, 6) is -0.503. The van der Waals surface area contributed by atoms with Crippen LogP contribution in [0.4, 0.5) is 0 Å². The largest absolute Gasteiger partial charge is 0.379 e. The van der Waals surface area contributed by atoms with Gasteiger partial charge in [-0.15, -0.1) is 6.58 Å². The number of carbonyl (C=O) groups excluding carboxylic acids is 1. The summed E-state index contributed by atoms with van der Waals surface area (Å²) in [6, 6.07) is 4.45. The molecule has 1 amide bonds. The number of ether oxygens (including phenoxy) is 1. The SMILES string of the molecule is C=CCn1cc(C(=O)NCCCOC(C)C)c(=O)c2cc(S(=O)(=O)N(CC)CC)ccc21. The van der Waals surface area contributed by atoms with E-state index in [1.165, 1.54) is 22.6 Å². The number of pyridine rings is 1. The van der Waals surface area contributed by atoms with Crippen molar-refractivity contribution in [2.45, 2.75) is 51.7 Å². The van der Waals surface area contributed by atoms with Crippen LogP contribution < -0.4 is 10.7 Å². The molecular formula is C23H33N3O5S. The molecule has 0 atom stereocenters. The minimum absolute atomic E-state index is 0.0272. The number of amides is 1. The van der Waals surface area contributed by atoms with Gasteiger partial charge in [0.1, 0.15) is 5.56 Å². The molecule has 0 saturated heterocycles. The maximum absolute atomic E-state index is 13.2. The highest BCUT2D eigenvalue weighted by Crippen LogP contribution is 2.21. The molecule has 1 aromatic heterocycles. The van der Waals surface area contributed by atoms with Crippen LogP contribution in [0.25, 0.3) is 10.9 Å². The zero-order chi connectivity index (χ0) is 23.9. The van der Waals surface area contributed by atoms with Gasteiger partial charge in [0.05, 0.1) is 16.5 Å². The quantitative estimate of drug-likeness (QED) is 0.386. The Bertz CT molecular complexity index is 1120. The van der Waals surface area contributed by atoms with Crippen molar-refractivity contribution >= 4 is 26.8 Å². The number of nitrogens with one attached hydrogen (secondary N) is 1. The molecule has 2 aromatic rings. The third-order valence-electron chi connectivity index (χ3n) is 5.02. The summed E-state index contributed by atoms with van der Waals surface area (Å²) < 4.78 is 34.4. The van der Waals surface area contributed by atoms with Crippen molar-refractivity contribution in [1.29, 1.82) is 0 Å². The summed E-state index contributed by atoms with van der Waals surface area (Å²) in [7, 11) is -3.74. The fourth-order valence-electron chi connectivity index (χ4n) is 3.39. The molecule has 0 bridgehead atoms. The lowest BCUT2D eigenvalue weighted by Gasteiger charge is -2.19. The van der Waals surface area contributed by atoms with E-state index in [1.807, 2.05) is 13.8 Å². The van der Waals surface area contributed by atoms with Gasteiger partial charge in [0.15, 0.2) is 0 Å². The molecule has 1 N–H and O–H groups in total. The van der Waals surface area contributed by atoms with Crippen LogP contribution in [0.3, 0.4) is 0 Å². The van der Waals surface area contributed by atoms with E-state index in [4.69, 9.17) is 4.74 Å². The van der Waals surface area contributed by atoms with Crippen LogP contribution in [0.2, 0.25) is 0 Å². The van der Waals surface area contributed by atoms with Gasteiger partial charge in [-0.25, -0.2) is 8.42 Å². The van der Waals surface area contributed by atoms with E-state index in [1.54, 1.807) is 30.6 Å². The maximum atomic E-state index is 13.2. The van der Waals surface area contributed by atoms with Crippen LogP contribution in [0.5, 0.6) is 0 Å². The van der Waals surface area contributed by atoms with E-state index in [9.17, 15) is 18.0 Å². The van der Waals surface area contributed by atoms with Crippen molar-refractivity contribution in [2.75, 3.05) is 26.2 Å². The van der Waals surface area contributed by atoms with Crippen LogP contribution >= 0.6 is 0 Å². The molecular weight excluding hydrogens is 430 g/mol. The van der Waals surface area contributed by atoms with E-state index < -0.39 is 21.4 Å². The Morgan fingerprint density at radius 2 is 1.97 bits per heavy atom. The van der Waals surface area contributed by atoms with Crippen molar-refractivity contribution in [2.24, 2.45) is 0 Å². The van der Waals surface area contributed by atoms with Gasteiger partial charge in [0, 0.05) is 44.4 Å². The van der Waals surface area contributed by atoms with E-state index in [-0.39, 0.29) is 21.9 Å². The molecule has 1 heterocycles. The zero-order valence-electron chi connectivity index (χ0n) is 19.3. The van der Waals surface area contributed by atoms with E-state index >= 15 is 0 Å². The Kier molecular flexibility index (Phi) is 9.18. The Labute approximate surface area is 189 Å². The molecule has 0 saturated carbocycles. The fraction of sp³-hybridized carbons (Fsp3) is 0.478. The van der Waals surface area contributed by atoms with Crippen LogP contribution in [0.1, 0.15) is 44.5 Å². The highest BCUT2D eigenvalue weighted by atomic mass is 32.2. The van der Waals surface area contributed by atoms with Gasteiger partial charge in [-0.05, 0) is 38.5 Å². The van der Waals surface area contributed by atoms with Gasteiger partial charge in [-0.1, -0.05) is 19.9 Å². The molecule has 8 nitrogen and oxygen atoms in total. The second-order valence-electron chi connectivity index (χ2n) is 7.61. The molecule has 176 valence electrons. The van der Waals surface area contributed by atoms with Gasteiger partial charge in [-0.3, -0.25) is 9.59 Å². The van der Waals surface area contributed by atoms with Gasteiger partial charge in [-0.2, -0.15) is 4.31 Å². The van der Waals surface area contributed by atoms with Crippen LogP contribution in [-0.2, 0) is 21.3 Å². The fourth-order valence-corrected chi connectivity index (χ4v) is 4.87. The number of hydrogen-bond acceptors (Lipinski definition) is 5. The third kappa shape index (κ3) is 5.85. The molecule has 0 unspecified atom stereocenters. The molecule has 0 fully saturated rings. The Balaban J connectivity index is 2.47. The van der Waals surface area contributed by atoms with E-state index in [0.717, 1.165) is 0 Å². The molecule has 0 aliphatic rings. The number of carbonyl (C=O) groups is 1. The lowest BCUT2D eigenvalue weighted by molar-refractivity contribution is 0.0757. The van der Waals surface area contributed by atoms with Crippen LogP contribution in [0, 0.1) is 0 Å². The van der Waals surface area contributed by atoms with Crippen molar-refractivity contribution in [3.8, 4) is 0 Å². The van der Waals surface area contributed by atoms with Gasteiger partial charge in [0.2, 0.25) is 15.5 Å². The predicted molar refractivity (Wildman–Crippen MR) is 127 cm³/mol. The summed E-state index contributed by atoms with van der Waals surface area (Å²) >= 11 is 0. The van der Waals surface area contributed by atoms with Crippen LogP contribution in [-0.4, -0.2) is 55.5 Å². The van der Waals surface area contributed by atoms with Gasteiger partial charge >= 0.3 is 0 Å². The monoisotopic (exact) mass is 463 g/mol. The van der Waals surface area contributed by atoms with Crippen molar-refractivity contribution in [3.05, 3.63) is 52.8 Å². The predicted octanol–water partition coefficient (Wildman–Crippen LogP) is 2.76. The Morgan fingerprint density at radius 3 is 2.56 bits per heavy atom. The smallest absolute Gasteiger partial charge is 0.256 e.